The van der Waals surface area contributed by atoms with E-state index in [1.54, 1.807) is 11.8 Å². The second kappa shape index (κ2) is 11.2. The number of piperazine rings is 1. The standard InChI is InChI=1S/C22H22F3N7O5S/c1-2-3-17-13-31(38(36,37)18-8-9-19(27-12-18)29-20(33)34)10-11-32(17)16-6-4-15(5-7-16)21(35,14-28-30-26)22(23,24)25/h4-9,12,17,26,35H,10-11,13-14H2,1H3,(H-,27,29,33,34)/p+1/t17-,21?/m0/s1. The van der Waals surface area contributed by atoms with Crippen LogP contribution in [0.4, 0.5) is 29.5 Å². The third kappa shape index (κ3) is 5.92. The van der Waals surface area contributed by atoms with Crippen LogP contribution in [0.1, 0.15) is 12.5 Å². The molecule has 4 N–H and O–H groups in total. The molecule has 0 aliphatic carbocycles. The van der Waals surface area contributed by atoms with Gasteiger partial charge in [0.05, 0.1) is 0 Å². The van der Waals surface area contributed by atoms with Gasteiger partial charge in [-0.2, -0.15) is 17.5 Å². The Hall–Kier alpha value is -4.03. The summed E-state index contributed by atoms with van der Waals surface area (Å²) >= 11 is 0. The smallest absolute Gasteiger partial charge is 0.423 e. The number of halogens is 3. The second-order valence-corrected chi connectivity index (χ2v) is 10.0. The van der Waals surface area contributed by atoms with Gasteiger partial charge in [0.1, 0.15) is 27.4 Å². The fraction of sp³-hybridized carbons (Fsp3) is 0.364. The van der Waals surface area contributed by atoms with Crippen LogP contribution in [0.15, 0.2) is 52.6 Å². The van der Waals surface area contributed by atoms with Crippen LogP contribution >= 0.6 is 0 Å². The molecule has 1 aliphatic rings. The first kappa shape index (κ1) is 28.5. The molecule has 1 amide bonds. The zero-order valence-electron chi connectivity index (χ0n) is 19.8. The van der Waals surface area contributed by atoms with Crippen LogP contribution in [-0.2, 0) is 15.6 Å². The van der Waals surface area contributed by atoms with Crippen molar-refractivity contribution in [2.24, 2.45) is 5.11 Å². The topological polar surface area (TPSA) is 173 Å². The highest BCUT2D eigenvalue weighted by molar-refractivity contribution is 7.89. The molecule has 1 aromatic carbocycles. The van der Waals surface area contributed by atoms with Crippen molar-refractivity contribution in [2.75, 3.05) is 36.4 Å². The molecule has 38 heavy (non-hydrogen) atoms. The number of amides is 1. The molecule has 1 saturated heterocycles. The van der Waals surface area contributed by atoms with Gasteiger partial charge in [0.15, 0.2) is 6.54 Å². The Balaban J connectivity index is 1.84. The number of carbonyl (C=O) groups is 1. The van der Waals surface area contributed by atoms with Gasteiger partial charge in [0.2, 0.25) is 20.5 Å². The molecule has 1 aliphatic heterocycles. The molecule has 1 fully saturated rings. The summed E-state index contributed by atoms with van der Waals surface area (Å²) in [5.41, 5.74) is 3.24. The van der Waals surface area contributed by atoms with E-state index in [1.807, 2.05) is 5.32 Å². The average molecular weight is 555 g/mol. The number of rotatable bonds is 7. The molecule has 1 unspecified atom stereocenters. The summed E-state index contributed by atoms with van der Waals surface area (Å²) in [5, 5.41) is 24.0. The van der Waals surface area contributed by atoms with Crippen LogP contribution in [-0.4, -0.2) is 72.4 Å². The lowest BCUT2D eigenvalue weighted by Crippen LogP contribution is -2.54. The fourth-order valence-corrected chi connectivity index (χ4v) is 5.24. The van der Waals surface area contributed by atoms with Crippen molar-refractivity contribution in [3.8, 4) is 11.8 Å². The Kier molecular flexibility index (Phi) is 8.38. The van der Waals surface area contributed by atoms with E-state index in [9.17, 15) is 31.5 Å². The summed E-state index contributed by atoms with van der Waals surface area (Å²) in [6, 6.07) is 6.68. The summed E-state index contributed by atoms with van der Waals surface area (Å²) in [4.78, 5) is 18.7. The number of aliphatic hydroxyl groups is 1. The maximum atomic E-state index is 13.6. The van der Waals surface area contributed by atoms with Gasteiger partial charge in [0, 0.05) is 31.5 Å². The summed E-state index contributed by atoms with van der Waals surface area (Å²) in [6.45, 7) is 0.508. The van der Waals surface area contributed by atoms with Gasteiger partial charge in [-0.25, -0.2) is 18.2 Å². The lowest BCUT2D eigenvalue weighted by molar-refractivity contribution is -0.262. The maximum absolute atomic E-state index is 13.6. The lowest BCUT2D eigenvalue weighted by Gasteiger charge is -2.40. The Morgan fingerprint density at radius 2 is 1.95 bits per heavy atom. The predicted molar refractivity (Wildman–Crippen MR) is 128 cm³/mol. The summed E-state index contributed by atoms with van der Waals surface area (Å²) in [5.74, 6) is 5.61. The van der Waals surface area contributed by atoms with Crippen LogP contribution in [0.5, 0.6) is 0 Å². The molecule has 1 aromatic heterocycles. The Morgan fingerprint density at radius 1 is 1.26 bits per heavy atom. The molecule has 202 valence electrons. The minimum atomic E-state index is -5.07. The number of aromatic nitrogens is 1. The molecule has 2 atom stereocenters. The van der Waals surface area contributed by atoms with Crippen LogP contribution in [0.2, 0.25) is 0 Å². The highest BCUT2D eigenvalue weighted by Gasteiger charge is 2.56. The van der Waals surface area contributed by atoms with Gasteiger partial charge in [-0.15, -0.1) is 5.92 Å². The van der Waals surface area contributed by atoms with Gasteiger partial charge < -0.3 is 15.1 Å². The number of anilines is 2. The highest BCUT2D eigenvalue weighted by atomic mass is 32.2. The minimum absolute atomic E-state index is 0.0253. The normalized spacial score (nSPS) is 17.9. The zero-order valence-corrected chi connectivity index (χ0v) is 20.7. The van der Waals surface area contributed by atoms with Crippen LogP contribution in [0, 0.1) is 17.4 Å². The Labute approximate surface area is 215 Å². The molecule has 2 heterocycles. The number of sulfonamides is 1. The van der Waals surface area contributed by atoms with Crippen molar-refractivity contribution in [3.63, 3.8) is 0 Å². The fourth-order valence-electron chi connectivity index (χ4n) is 3.85. The second-order valence-electron chi connectivity index (χ2n) is 8.08. The minimum Gasteiger partial charge on any atom is -0.465 e. The maximum Gasteiger partial charge on any atom is 0.423 e. The Bertz CT molecular complexity index is 1390. The zero-order chi connectivity index (χ0) is 28.1. The largest absolute Gasteiger partial charge is 0.465 e. The van der Waals surface area contributed by atoms with Crippen molar-refractivity contribution < 1.29 is 36.6 Å². The van der Waals surface area contributed by atoms with E-state index >= 15 is 0 Å². The number of pyridine rings is 1. The van der Waals surface area contributed by atoms with E-state index in [1.165, 1.54) is 28.6 Å². The molecular weight excluding hydrogens is 531 g/mol. The number of hydrogen-bond acceptors (Lipinski definition) is 8. The number of alkyl halides is 3. The van der Waals surface area contributed by atoms with Gasteiger partial charge in [0.25, 0.3) is 0 Å². The predicted octanol–water partition coefficient (Wildman–Crippen LogP) is 2.37. The molecule has 0 radical (unpaired) electrons. The summed E-state index contributed by atoms with van der Waals surface area (Å²) < 4.78 is 68.2. The van der Waals surface area contributed by atoms with E-state index in [-0.39, 0.29) is 30.3 Å². The van der Waals surface area contributed by atoms with E-state index in [0.717, 1.165) is 18.3 Å². The molecule has 2 aromatic rings. The SMILES string of the molecule is CC#C[C@H]1CN(S(=O)(=O)c2ccc(NC(=O)O)nc2)CCN1c1ccc(C(O)(CN=[N+]=N)C(F)(F)F)cc1. The van der Waals surface area contributed by atoms with Gasteiger partial charge >= 0.3 is 12.3 Å². The van der Waals surface area contributed by atoms with Crippen LogP contribution in [0.25, 0.3) is 0 Å². The monoisotopic (exact) mass is 554 g/mol. The van der Waals surface area contributed by atoms with Crippen LogP contribution < -0.4 is 15.1 Å². The first-order valence-electron chi connectivity index (χ1n) is 10.9. The van der Waals surface area contributed by atoms with Crippen molar-refractivity contribution in [1.29, 1.82) is 5.53 Å². The summed E-state index contributed by atoms with van der Waals surface area (Å²) in [6.07, 6.45) is -5.39. The van der Waals surface area contributed by atoms with E-state index in [2.05, 4.69) is 26.9 Å². The molecule has 0 saturated carbocycles. The van der Waals surface area contributed by atoms with Gasteiger partial charge in [-0.05, 0) is 36.8 Å². The van der Waals surface area contributed by atoms with E-state index in [4.69, 9.17) is 10.6 Å². The van der Waals surface area contributed by atoms with Gasteiger partial charge in [-0.1, -0.05) is 18.1 Å². The number of nitrogens with one attached hydrogen (secondary N) is 2. The van der Waals surface area contributed by atoms with Crippen LogP contribution in [0.3, 0.4) is 0 Å². The molecule has 16 heteroatoms. The number of nitrogens with zero attached hydrogens (tertiary/aromatic N) is 5. The van der Waals surface area contributed by atoms with Crippen molar-refractivity contribution >= 4 is 27.6 Å². The van der Waals surface area contributed by atoms with Crippen molar-refractivity contribution in [2.45, 2.75) is 29.6 Å². The number of benzene rings is 1. The van der Waals surface area contributed by atoms with E-state index in [0.29, 0.717) is 5.69 Å². The number of hydrogen-bond donors (Lipinski definition) is 4. The lowest BCUT2D eigenvalue weighted by atomic mass is 9.92. The highest BCUT2D eigenvalue weighted by Crippen LogP contribution is 2.40. The first-order chi connectivity index (χ1) is 17.8. The first-order valence-corrected chi connectivity index (χ1v) is 12.4. The van der Waals surface area contributed by atoms with Crippen molar-refractivity contribution in [3.05, 3.63) is 48.2 Å². The molecule has 3 rings (SSSR count). The summed E-state index contributed by atoms with van der Waals surface area (Å²) in [7, 11) is -4.01. The third-order valence-corrected chi connectivity index (χ3v) is 7.63. The number of carboxylic acid groups (broad SMARTS) is 1. The molecule has 0 spiro atoms. The molecular formula is C22H23F3N7O5S+. The average Bonchev–Trinajstić information content (AvgIpc) is 2.87. The third-order valence-electron chi connectivity index (χ3n) is 5.78. The molecule has 0 bridgehead atoms. The van der Waals surface area contributed by atoms with Crippen molar-refractivity contribution in [1.82, 2.24) is 14.2 Å². The van der Waals surface area contributed by atoms with E-state index < -0.39 is 46.0 Å². The molecule has 12 nitrogen and oxygen atoms in total. The van der Waals surface area contributed by atoms with Gasteiger partial charge in [-0.3, -0.25) is 5.32 Å². The quantitative estimate of drug-likeness (QED) is 0.231. The Morgan fingerprint density at radius 3 is 2.47 bits per heavy atom.